The second-order valence-corrected chi connectivity index (χ2v) is 6.26. The molecule has 0 fully saturated rings. The minimum atomic E-state index is -1.06. The van der Waals surface area contributed by atoms with Gasteiger partial charge in [-0.2, -0.15) is 0 Å². The van der Waals surface area contributed by atoms with Gasteiger partial charge in [0.1, 0.15) is 6.33 Å². The molecule has 2 atom stereocenters. The molecule has 3 aromatic rings. The molecule has 144 valence electrons. The summed E-state index contributed by atoms with van der Waals surface area (Å²) in [5, 5.41) is 13.7. The summed E-state index contributed by atoms with van der Waals surface area (Å²) < 4.78 is 6.66. The zero-order valence-electron chi connectivity index (χ0n) is 14.9. The van der Waals surface area contributed by atoms with Crippen molar-refractivity contribution in [1.82, 2.24) is 25.2 Å². The molecule has 1 aromatic carbocycles. The maximum atomic E-state index is 12.7. The molecule has 0 radical (unpaired) electrons. The van der Waals surface area contributed by atoms with Crippen molar-refractivity contribution in [3.8, 4) is 0 Å². The summed E-state index contributed by atoms with van der Waals surface area (Å²) in [6.45, 7) is 1.47. The van der Waals surface area contributed by atoms with Gasteiger partial charge in [0, 0.05) is 12.6 Å². The molecular formula is C18H17ClN6O3. The fraction of sp³-hybridized carbons (Fsp3) is 0.222. The molecule has 0 bridgehead atoms. The van der Waals surface area contributed by atoms with E-state index in [1.54, 1.807) is 12.1 Å². The van der Waals surface area contributed by atoms with Gasteiger partial charge in [0.2, 0.25) is 0 Å². The van der Waals surface area contributed by atoms with E-state index in [-0.39, 0.29) is 5.15 Å². The van der Waals surface area contributed by atoms with Crippen molar-refractivity contribution in [2.24, 2.45) is 0 Å². The van der Waals surface area contributed by atoms with Crippen LogP contribution in [0.25, 0.3) is 0 Å². The highest BCUT2D eigenvalue weighted by molar-refractivity contribution is 6.32. The summed E-state index contributed by atoms with van der Waals surface area (Å²) in [6, 6.07) is 11.8. The number of halogens is 1. The molecule has 0 unspecified atom stereocenters. The Morgan fingerprint density at radius 2 is 2.00 bits per heavy atom. The number of ether oxygens (including phenoxy) is 1. The maximum absolute atomic E-state index is 12.7. The lowest BCUT2D eigenvalue weighted by Crippen LogP contribution is -2.34. The number of aromatic nitrogens is 5. The predicted octanol–water partition coefficient (Wildman–Crippen LogP) is 2.08. The van der Waals surface area contributed by atoms with E-state index in [0.717, 1.165) is 5.56 Å². The second kappa shape index (κ2) is 9.05. The molecule has 1 amide bonds. The van der Waals surface area contributed by atoms with Crippen LogP contribution in [-0.4, -0.2) is 43.2 Å². The summed E-state index contributed by atoms with van der Waals surface area (Å²) in [6.07, 6.45) is 2.09. The lowest BCUT2D eigenvalue weighted by Gasteiger charge is -2.19. The number of carbonyl (C=O) groups is 2. The molecular weight excluding hydrogens is 384 g/mol. The Kier molecular flexibility index (Phi) is 6.28. The molecule has 0 saturated heterocycles. The third-order valence-corrected chi connectivity index (χ3v) is 4.21. The lowest BCUT2D eigenvalue weighted by molar-refractivity contribution is -0.156. The van der Waals surface area contributed by atoms with Crippen LogP contribution in [0.4, 0.5) is 5.69 Å². The zero-order valence-corrected chi connectivity index (χ0v) is 15.7. The quantitative estimate of drug-likeness (QED) is 0.477. The average molecular weight is 401 g/mol. The SMILES string of the molecule is C[C@H](OC(=O)[C@H](Cc1ccccc1)n1cnnn1)C(=O)Nc1cccnc1Cl. The van der Waals surface area contributed by atoms with Gasteiger partial charge in [-0.25, -0.2) is 14.5 Å². The standard InChI is InChI=1S/C18H17ClN6O3/c1-12(17(26)22-14-8-5-9-20-16(14)19)28-18(27)15(25-11-21-23-24-25)10-13-6-3-2-4-7-13/h2-9,11-12,15H,10H2,1H3,(H,22,26)/t12-,15-/m0/s1. The highest BCUT2D eigenvalue weighted by Crippen LogP contribution is 2.19. The minimum Gasteiger partial charge on any atom is -0.451 e. The molecule has 0 aliphatic carbocycles. The van der Waals surface area contributed by atoms with Crippen molar-refractivity contribution in [3.63, 3.8) is 0 Å². The average Bonchev–Trinajstić information content (AvgIpc) is 3.23. The lowest BCUT2D eigenvalue weighted by atomic mass is 10.1. The Hall–Kier alpha value is -3.33. The van der Waals surface area contributed by atoms with Gasteiger partial charge in [0.05, 0.1) is 5.69 Å². The van der Waals surface area contributed by atoms with Gasteiger partial charge < -0.3 is 10.1 Å². The predicted molar refractivity (Wildman–Crippen MR) is 100 cm³/mol. The molecule has 3 rings (SSSR count). The van der Waals surface area contributed by atoms with Gasteiger partial charge >= 0.3 is 5.97 Å². The van der Waals surface area contributed by atoms with Crippen LogP contribution in [0.15, 0.2) is 55.0 Å². The zero-order chi connectivity index (χ0) is 19.9. The van der Waals surface area contributed by atoms with Crippen LogP contribution in [0.2, 0.25) is 5.15 Å². The summed E-state index contributed by atoms with van der Waals surface area (Å²) in [5.74, 6) is -1.16. The monoisotopic (exact) mass is 400 g/mol. The molecule has 28 heavy (non-hydrogen) atoms. The van der Waals surface area contributed by atoms with Gasteiger partial charge in [0.25, 0.3) is 5.91 Å². The number of pyridine rings is 1. The van der Waals surface area contributed by atoms with E-state index in [4.69, 9.17) is 16.3 Å². The van der Waals surface area contributed by atoms with Crippen LogP contribution in [0.3, 0.4) is 0 Å². The number of tetrazole rings is 1. The van der Waals surface area contributed by atoms with E-state index in [1.165, 1.54) is 24.1 Å². The first kappa shape index (κ1) is 19.4. The normalized spacial score (nSPS) is 12.8. The van der Waals surface area contributed by atoms with Gasteiger partial charge in [-0.1, -0.05) is 41.9 Å². The fourth-order valence-electron chi connectivity index (χ4n) is 2.45. The summed E-state index contributed by atoms with van der Waals surface area (Å²) in [5.41, 5.74) is 1.23. The molecule has 0 spiro atoms. The first-order valence-corrected chi connectivity index (χ1v) is 8.80. The van der Waals surface area contributed by atoms with E-state index in [1.807, 2.05) is 30.3 Å². The van der Waals surface area contributed by atoms with Gasteiger partial charge in [0.15, 0.2) is 17.3 Å². The van der Waals surface area contributed by atoms with E-state index < -0.39 is 24.0 Å². The Morgan fingerprint density at radius 1 is 1.21 bits per heavy atom. The molecule has 2 aromatic heterocycles. The van der Waals surface area contributed by atoms with Crippen molar-refractivity contribution in [2.45, 2.75) is 25.5 Å². The highest BCUT2D eigenvalue weighted by Gasteiger charge is 2.28. The maximum Gasteiger partial charge on any atom is 0.332 e. The number of anilines is 1. The Bertz CT molecular complexity index is 936. The second-order valence-electron chi connectivity index (χ2n) is 5.91. The van der Waals surface area contributed by atoms with Gasteiger partial charge in [-0.15, -0.1) is 5.10 Å². The van der Waals surface area contributed by atoms with E-state index in [9.17, 15) is 9.59 Å². The van der Waals surface area contributed by atoms with Crippen LogP contribution in [0.1, 0.15) is 18.5 Å². The van der Waals surface area contributed by atoms with E-state index in [0.29, 0.717) is 12.1 Å². The van der Waals surface area contributed by atoms with Crippen molar-refractivity contribution in [2.75, 3.05) is 5.32 Å². The minimum absolute atomic E-state index is 0.144. The first-order valence-electron chi connectivity index (χ1n) is 8.43. The van der Waals surface area contributed by atoms with E-state index in [2.05, 4.69) is 25.8 Å². The van der Waals surface area contributed by atoms with Gasteiger partial charge in [-0.05, 0) is 35.0 Å². The van der Waals surface area contributed by atoms with Crippen LogP contribution < -0.4 is 5.32 Å². The summed E-state index contributed by atoms with van der Waals surface area (Å²) in [4.78, 5) is 28.9. The van der Waals surface area contributed by atoms with Crippen LogP contribution in [0.5, 0.6) is 0 Å². The number of benzene rings is 1. The molecule has 0 aliphatic heterocycles. The molecule has 1 N–H and O–H groups in total. The molecule has 2 heterocycles. The Morgan fingerprint density at radius 3 is 2.68 bits per heavy atom. The molecule has 10 heteroatoms. The number of hydrogen-bond acceptors (Lipinski definition) is 7. The molecule has 0 aliphatic rings. The number of carbonyl (C=O) groups excluding carboxylic acids is 2. The van der Waals surface area contributed by atoms with Crippen molar-refractivity contribution in [1.29, 1.82) is 0 Å². The number of rotatable bonds is 7. The van der Waals surface area contributed by atoms with Crippen LogP contribution in [-0.2, 0) is 20.7 Å². The number of hydrogen-bond donors (Lipinski definition) is 1. The molecule has 0 saturated carbocycles. The molecule has 9 nitrogen and oxygen atoms in total. The topological polar surface area (TPSA) is 112 Å². The third kappa shape index (κ3) is 4.89. The van der Waals surface area contributed by atoms with Crippen molar-refractivity contribution < 1.29 is 14.3 Å². The smallest absolute Gasteiger partial charge is 0.332 e. The number of esters is 1. The van der Waals surface area contributed by atoms with Gasteiger partial charge in [-0.3, -0.25) is 4.79 Å². The number of nitrogens with zero attached hydrogens (tertiary/aromatic N) is 5. The fourth-order valence-corrected chi connectivity index (χ4v) is 2.62. The van der Waals surface area contributed by atoms with Crippen molar-refractivity contribution >= 4 is 29.2 Å². The third-order valence-electron chi connectivity index (χ3n) is 3.91. The number of amides is 1. The van der Waals surface area contributed by atoms with Crippen LogP contribution >= 0.6 is 11.6 Å². The Labute approximate surface area is 165 Å². The first-order chi connectivity index (χ1) is 13.5. The Balaban J connectivity index is 1.69. The summed E-state index contributed by atoms with van der Waals surface area (Å²) >= 11 is 5.93. The van der Waals surface area contributed by atoms with Crippen LogP contribution in [0, 0.1) is 0 Å². The highest BCUT2D eigenvalue weighted by atomic mass is 35.5. The number of nitrogens with one attached hydrogen (secondary N) is 1. The van der Waals surface area contributed by atoms with Crippen molar-refractivity contribution in [3.05, 3.63) is 65.7 Å². The summed E-state index contributed by atoms with van der Waals surface area (Å²) in [7, 11) is 0. The van der Waals surface area contributed by atoms with E-state index >= 15 is 0 Å². The largest absolute Gasteiger partial charge is 0.451 e.